The van der Waals surface area contributed by atoms with Crippen LogP contribution in [0.4, 0.5) is 5.69 Å². The summed E-state index contributed by atoms with van der Waals surface area (Å²) in [6.45, 7) is 0.925. The first-order valence-corrected chi connectivity index (χ1v) is 5.45. The lowest BCUT2D eigenvalue weighted by atomic mass is 10.2. The molecule has 1 aliphatic rings. The largest absolute Gasteiger partial charge is 0.470 e. The normalized spacial score (nSPS) is 19.2. The fourth-order valence-electron chi connectivity index (χ4n) is 1.55. The molecule has 1 aliphatic heterocycles. The molecule has 2 rings (SSSR count). The van der Waals surface area contributed by atoms with Gasteiger partial charge >= 0.3 is 5.69 Å². The number of halogens is 1. The van der Waals surface area contributed by atoms with Crippen molar-refractivity contribution >= 4 is 17.3 Å². The van der Waals surface area contributed by atoms with E-state index in [-0.39, 0.29) is 23.7 Å². The lowest BCUT2D eigenvalue weighted by Gasteiger charge is -2.10. The van der Waals surface area contributed by atoms with Gasteiger partial charge in [0.2, 0.25) is 5.15 Å². The maximum absolute atomic E-state index is 10.8. The SMILES string of the molecule is O=[N+]([O-])c1c(Cl)ncnc1OCC1CCCO1. The van der Waals surface area contributed by atoms with Gasteiger partial charge in [0.1, 0.15) is 12.9 Å². The van der Waals surface area contributed by atoms with Crippen LogP contribution >= 0.6 is 11.6 Å². The second-order valence-electron chi connectivity index (χ2n) is 3.52. The number of nitro groups is 1. The smallest absolute Gasteiger partial charge is 0.367 e. The summed E-state index contributed by atoms with van der Waals surface area (Å²) in [5.41, 5.74) is -0.410. The molecule has 1 fully saturated rings. The Morgan fingerprint density at radius 2 is 2.47 bits per heavy atom. The number of ether oxygens (including phenoxy) is 2. The van der Waals surface area contributed by atoms with Crippen LogP contribution in [0.15, 0.2) is 6.33 Å². The van der Waals surface area contributed by atoms with Crippen LogP contribution in [0.25, 0.3) is 0 Å². The van der Waals surface area contributed by atoms with Crippen molar-refractivity contribution in [3.8, 4) is 5.88 Å². The highest BCUT2D eigenvalue weighted by Crippen LogP contribution is 2.30. The van der Waals surface area contributed by atoms with Crippen molar-refractivity contribution in [2.24, 2.45) is 0 Å². The Balaban J connectivity index is 2.09. The minimum Gasteiger partial charge on any atom is -0.470 e. The van der Waals surface area contributed by atoms with Crippen molar-refractivity contribution in [3.05, 3.63) is 21.6 Å². The molecule has 2 heterocycles. The average molecular weight is 260 g/mol. The summed E-state index contributed by atoms with van der Waals surface area (Å²) >= 11 is 5.62. The number of aromatic nitrogens is 2. The average Bonchev–Trinajstić information content (AvgIpc) is 2.78. The molecule has 7 nitrogen and oxygen atoms in total. The highest BCUT2D eigenvalue weighted by Gasteiger charge is 2.25. The molecule has 0 aliphatic carbocycles. The molecule has 92 valence electrons. The van der Waals surface area contributed by atoms with Crippen molar-refractivity contribution in [2.45, 2.75) is 18.9 Å². The van der Waals surface area contributed by atoms with E-state index in [1.807, 2.05) is 0 Å². The van der Waals surface area contributed by atoms with Gasteiger partial charge in [-0.2, -0.15) is 4.98 Å². The Labute approximate surface area is 102 Å². The van der Waals surface area contributed by atoms with Crippen LogP contribution in [0.2, 0.25) is 5.15 Å². The first kappa shape index (κ1) is 12.0. The fourth-order valence-corrected chi connectivity index (χ4v) is 1.74. The quantitative estimate of drug-likeness (QED) is 0.464. The Morgan fingerprint density at radius 3 is 3.12 bits per heavy atom. The fraction of sp³-hybridized carbons (Fsp3) is 0.556. The zero-order valence-electron chi connectivity index (χ0n) is 8.84. The predicted molar refractivity (Wildman–Crippen MR) is 58.2 cm³/mol. The Morgan fingerprint density at radius 1 is 1.65 bits per heavy atom. The van der Waals surface area contributed by atoms with Crippen molar-refractivity contribution in [2.75, 3.05) is 13.2 Å². The summed E-state index contributed by atoms with van der Waals surface area (Å²) in [5, 5.41) is 10.5. The van der Waals surface area contributed by atoms with Gasteiger partial charge in [-0.1, -0.05) is 11.6 Å². The minimum atomic E-state index is -0.660. The molecule has 0 spiro atoms. The van der Waals surface area contributed by atoms with Gasteiger partial charge < -0.3 is 9.47 Å². The van der Waals surface area contributed by atoms with Crippen LogP contribution < -0.4 is 4.74 Å². The van der Waals surface area contributed by atoms with Gasteiger partial charge in [0.05, 0.1) is 11.0 Å². The molecule has 0 saturated carbocycles. The Bertz CT molecular complexity index is 423. The third kappa shape index (κ3) is 2.80. The number of hydrogen-bond acceptors (Lipinski definition) is 6. The Hall–Kier alpha value is -1.47. The maximum Gasteiger partial charge on any atom is 0.367 e. The summed E-state index contributed by atoms with van der Waals surface area (Å²) in [6.07, 6.45) is 2.94. The summed E-state index contributed by atoms with van der Waals surface area (Å²) in [7, 11) is 0. The summed E-state index contributed by atoms with van der Waals surface area (Å²) in [4.78, 5) is 17.4. The van der Waals surface area contributed by atoms with E-state index in [1.165, 1.54) is 0 Å². The second-order valence-corrected chi connectivity index (χ2v) is 3.88. The molecular weight excluding hydrogens is 250 g/mol. The summed E-state index contributed by atoms with van der Waals surface area (Å²) in [5.74, 6) is -0.120. The molecular formula is C9H10ClN3O4. The van der Waals surface area contributed by atoms with Crippen LogP contribution in [0.1, 0.15) is 12.8 Å². The number of rotatable bonds is 4. The first-order chi connectivity index (χ1) is 8.18. The zero-order chi connectivity index (χ0) is 12.3. The molecule has 8 heteroatoms. The molecule has 0 bridgehead atoms. The monoisotopic (exact) mass is 259 g/mol. The van der Waals surface area contributed by atoms with E-state index in [9.17, 15) is 10.1 Å². The van der Waals surface area contributed by atoms with Crippen LogP contribution in [0.5, 0.6) is 5.88 Å². The summed E-state index contributed by atoms with van der Waals surface area (Å²) < 4.78 is 10.6. The van der Waals surface area contributed by atoms with Crippen molar-refractivity contribution < 1.29 is 14.4 Å². The number of hydrogen-bond donors (Lipinski definition) is 0. The van der Waals surface area contributed by atoms with Gasteiger partial charge in [0.25, 0.3) is 5.88 Å². The van der Waals surface area contributed by atoms with E-state index in [1.54, 1.807) is 0 Å². The lowest BCUT2D eigenvalue weighted by molar-refractivity contribution is -0.386. The van der Waals surface area contributed by atoms with Crippen LogP contribution in [-0.2, 0) is 4.74 Å². The van der Waals surface area contributed by atoms with E-state index in [2.05, 4.69) is 9.97 Å². The van der Waals surface area contributed by atoms with Gasteiger partial charge in [-0.25, -0.2) is 4.98 Å². The zero-order valence-corrected chi connectivity index (χ0v) is 9.59. The molecule has 0 radical (unpaired) electrons. The molecule has 1 unspecified atom stereocenters. The van der Waals surface area contributed by atoms with Crippen molar-refractivity contribution in [1.82, 2.24) is 9.97 Å². The molecule has 1 aromatic heterocycles. The Kier molecular flexibility index (Phi) is 3.70. The molecule has 1 saturated heterocycles. The third-order valence-corrected chi connectivity index (χ3v) is 2.63. The maximum atomic E-state index is 10.8. The third-order valence-electron chi connectivity index (χ3n) is 2.36. The van der Waals surface area contributed by atoms with Crippen molar-refractivity contribution in [3.63, 3.8) is 0 Å². The van der Waals surface area contributed by atoms with Crippen LogP contribution in [0.3, 0.4) is 0 Å². The van der Waals surface area contributed by atoms with E-state index >= 15 is 0 Å². The molecule has 1 atom stereocenters. The van der Waals surface area contributed by atoms with E-state index < -0.39 is 10.6 Å². The van der Waals surface area contributed by atoms with Gasteiger partial charge in [-0.15, -0.1) is 0 Å². The standard InChI is InChI=1S/C9H10ClN3O4/c10-8-7(13(14)15)9(12-5-11-8)17-4-6-2-1-3-16-6/h5-6H,1-4H2. The van der Waals surface area contributed by atoms with Crippen molar-refractivity contribution in [1.29, 1.82) is 0 Å². The van der Waals surface area contributed by atoms with E-state index in [4.69, 9.17) is 21.1 Å². The number of nitrogens with zero attached hydrogens (tertiary/aromatic N) is 3. The molecule has 0 amide bonds. The molecule has 0 aromatic carbocycles. The van der Waals surface area contributed by atoms with Gasteiger partial charge in [0.15, 0.2) is 0 Å². The first-order valence-electron chi connectivity index (χ1n) is 5.08. The van der Waals surface area contributed by atoms with Crippen LogP contribution in [-0.4, -0.2) is 34.2 Å². The highest BCUT2D eigenvalue weighted by atomic mass is 35.5. The van der Waals surface area contributed by atoms with Gasteiger partial charge in [-0.05, 0) is 12.8 Å². The van der Waals surface area contributed by atoms with Crippen LogP contribution in [0, 0.1) is 10.1 Å². The second kappa shape index (κ2) is 5.24. The topological polar surface area (TPSA) is 87.4 Å². The lowest BCUT2D eigenvalue weighted by Crippen LogP contribution is -2.17. The molecule has 1 aromatic rings. The molecule has 0 N–H and O–H groups in total. The van der Waals surface area contributed by atoms with Gasteiger partial charge in [-0.3, -0.25) is 10.1 Å². The molecule has 17 heavy (non-hydrogen) atoms. The predicted octanol–water partition coefficient (Wildman–Crippen LogP) is 1.60. The summed E-state index contributed by atoms with van der Waals surface area (Å²) in [6, 6.07) is 0. The highest BCUT2D eigenvalue weighted by molar-refractivity contribution is 6.31. The van der Waals surface area contributed by atoms with E-state index in [0.717, 1.165) is 19.2 Å². The van der Waals surface area contributed by atoms with Gasteiger partial charge in [0, 0.05) is 6.61 Å². The minimum absolute atomic E-state index is 0.0386. The van der Waals surface area contributed by atoms with E-state index in [0.29, 0.717) is 6.61 Å².